The molecule has 216 valence electrons. The van der Waals surface area contributed by atoms with Gasteiger partial charge in [-0.3, -0.25) is 0 Å². The van der Waals surface area contributed by atoms with E-state index in [0.29, 0.717) is 29.1 Å². The first kappa shape index (κ1) is 32.5. The van der Waals surface area contributed by atoms with Crippen molar-refractivity contribution in [1.29, 1.82) is 0 Å². The van der Waals surface area contributed by atoms with Crippen LogP contribution in [0.4, 0.5) is 15.8 Å². The van der Waals surface area contributed by atoms with Gasteiger partial charge in [-0.15, -0.1) is 0 Å². The number of anilines is 2. The second kappa shape index (κ2) is 13.1. The predicted octanol–water partition coefficient (Wildman–Crippen LogP) is 7.42. The van der Waals surface area contributed by atoms with Crippen molar-refractivity contribution in [3.05, 3.63) is 58.9 Å². The topological polar surface area (TPSA) is 65.1 Å². The minimum absolute atomic E-state index is 0.132. The third kappa shape index (κ3) is 8.64. The molecule has 0 spiro atoms. The van der Waals surface area contributed by atoms with Gasteiger partial charge in [-0.1, -0.05) is 32.9 Å². The molecule has 0 fully saturated rings. The molecule has 0 N–H and O–H groups in total. The molecule has 0 unspecified atom stereocenters. The molecule has 0 amide bonds. The first-order valence-corrected chi connectivity index (χ1v) is 16.5. The smallest absolute Gasteiger partial charge is 0.341 e. The summed E-state index contributed by atoms with van der Waals surface area (Å²) in [6.07, 6.45) is -0.141. The fourth-order valence-corrected chi connectivity index (χ4v) is 4.92. The Morgan fingerprint density at radius 3 is 1.74 bits per heavy atom. The van der Waals surface area contributed by atoms with Gasteiger partial charge in [0, 0.05) is 18.0 Å². The van der Waals surface area contributed by atoms with E-state index in [2.05, 4.69) is 33.9 Å². The van der Waals surface area contributed by atoms with Gasteiger partial charge in [-0.2, -0.15) is 0 Å². The monoisotopic (exact) mass is 559 g/mol. The van der Waals surface area contributed by atoms with Gasteiger partial charge in [0.15, 0.2) is 8.32 Å². The number of hydrogen-bond acceptors (Lipinski definition) is 6. The minimum atomic E-state index is -1.86. The van der Waals surface area contributed by atoms with Crippen molar-refractivity contribution in [2.45, 2.75) is 105 Å². The van der Waals surface area contributed by atoms with Gasteiger partial charge >= 0.3 is 11.9 Å². The Morgan fingerprint density at radius 2 is 1.33 bits per heavy atom. The van der Waals surface area contributed by atoms with E-state index in [1.54, 1.807) is 58.6 Å². The van der Waals surface area contributed by atoms with E-state index in [0.717, 1.165) is 12.0 Å². The number of halogens is 1. The van der Waals surface area contributed by atoms with E-state index < -0.39 is 38.5 Å². The maximum atomic E-state index is 14.6. The van der Waals surface area contributed by atoms with Crippen LogP contribution in [-0.4, -0.2) is 45.1 Å². The highest BCUT2D eigenvalue weighted by molar-refractivity contribution is 6.74. The molecule has 0 aliphatic rings. The van der Waals surface area contributed by atoms with Crippen LogP contribution in [0.5, 0.6) is 0 Å². The normalized spacial score (nSPS) is 12.3. The van der Waals surface area contributed by atoms with Crippen LogP contribution in [0, 0.1) is 19.7 Å². The van der Waals surface area contributed by atoms with Gasteiger partial charge in [-0.05, 0) is 107 Å². The van der Waals surface area contributed by atoms with Crippen LogP contribution in [0.1, 0.15) is 65.2 Å². The Balaban J connectivity index is 2.51. The highest BCUT2D eigenvalue weighted by Gasteiger charge is 2.39. The number of ether oxygens (including phenoxy) is 2. The molecule has 2 rings (SSSR count). The van der Waals surface area contributed by atoms with Crippen molar-refractivity contribution in [3.8, 4) is 0 Å². The molecule has 8 heteroatoms. The largest absolute Gasteiger partial charge is 0.461 e. The Labute approximate surface area is 235 Å². The Bertz CT molecular complexity index is 1090. The number of rotatable bonds is 11. The quantitative estimate of drug-likeness (QED) is 0.162. The molecule has 0 atom stereocenters. The highest BCUT2D eigenvalue weighted by atomic mass is 28.4. The van der Waals surface area contributed by atoms with E-state index in [9.17, 15) is 14.0 Å². The summed E-state index contributed by atoms with van der Waals surface area (Å²) in [5.74, 6) is -1.80. The summed E-state index contributed by atoms with van der Waals surface area (Å²) >= 11 is 0. The maximum absolute atomic E-state index is 14.6. The number of aryl methyl sites for hydroxylation is 2. The van der Waals surface area contributed by atoms with E-state index in [-0.39, 0.29) is 10.9 Å². The van der Waals surface area contributed by atoms with Crippen LogP contribution in [0.3, 0.4) is 0 Å². The van der Waals surface area contributed by atoms with E-state index >= 15 is 0 Å². The zero-order chi connectivity index (χ0) is 29.7. The van der Waals surface area contributed by atoms with Crippen LogP contribution in [-0.2, 0) is 29.9 Å². The summed E-state index contributed by atoms with van der Waals surface area (Å²) in [7, 11) is -1.86. The first-order valence-electron chi connectivity index (χ1n) is 13.6. The lowest BCUT2D eigenvalue weighted by molar-refractivity contribution is -0.160. The summed E-state index contributed by atoms with van der Waals surface area (Å²) < 4.78 is 31.9. The van der Waals surface area contributed by atoms with E-state index in [4.69, 9.17) is 13.9 Å². The molecule has 0 aromatic heterocycles. The van der Waals surface area contributed by atoms with Crippen LogP contribution in [0.25, 0.3) is 0 Å². The summed E-state index contributed by atoms with van der Waals surface area (Å²) in [5.41, 5.74) is 2.95. The lowest BCUT2D eigenvalue weighted by atomic mass is 10.1. The maximum Gasteiger partial charge on any atom is 0.341 e. The van der Waals surface area contributed by atoms with Crippen LogP contribution in [0.15, 0.2) is 36.4 Å². The number of benzene rings is 2. The third-order valence-corrected chi connectivity index (χ3v) is 11.5. The van der Waals surface area contributed by atoms with Crippen molar-refractivity contribution in [2.75, 3.05) is 11.5 Å². The van der Waals surface area contributed by atoms with Crippen molar-refractivity contribution < 1.29 is 27.9 Å². The summed E-state index contributed by atoms with van der Waals surface area (Å²) in [4.78, 5) is 28.2. The molecule has 0 bridgehead atoms. The summed E-state index contributed by atoms with van der Waals surface area (Å²) in [5, 5.41) is 0.132. The van der Waals surface area contributed by atoms with Gasteiger partial charge in [-0.25, -0.2) is 14.0 Å². The molecule has 0 heterocycles. The summed E-state index contributed by atoms with van der Waals surface area (Å²) in [6, 6.07) is 9.47. The molecular weight excluding hydrogens is 513 g/mol. The van der Waals surface area contributed by atoms with Crippen molar-refractivity contribution in [3.63, 3.8) is 0 Å². The van der Waals surface area contributed by atoms with Crippen molar-refractivity contribution >= 4 is 31.6 Å². The van der Waals surface area contributed by atoms with Gasteiger partial charge in [0.1, 0.15) is 5.82 Å². The molecule has 39 heavy (non-hydrogen) atoms. The summed E-state index contributed by atoms with van der Waals surface area (Å²) in [6.45, 7) is 21.9. The SMILES string of the molecule is Cc1cc(N(c2ccc(CCO[Si](C)(C)C(C)(C)C)cc2)C(C(=O)OC(C)C)C(=O)OC(C)C)cc(C)c1F. The first-order chi connectivity index (χ1) is 17.9. The number of nitrogens with zero attached hydrogens (tertiary/aromatic N) is 1. The van der Waals surface area contributed by atoms with Gasteiger partial charge in [0.25, 0.3) is 0 Å². The zero-order valence-corrected chi connectivity index (χ0v) is 26.5. The lowest BCUT2D eigenvalue weighted by Gasteiger charge is -2.36. The Morgan fingerprint density at radius 1 is 0.872 bits per heavy atom. The van der Waals surface area contributed by atoms with Crippen LogP contribution >= 0.6 is 0 Å². The number of carbonyl (C=O) groups excluding carboxylic acids is 2. The van der Waals surface area contributed by atoms with Gasteiger partial charge in [0.05, 0.1) is 12.2 Å². The highest BCUT2D eigenvalue weighted by Crippen LogP contribution is 2.37. The second-order valence-corrected chi connectivity index (χ2v) is 17.0. The molecule has 0 saturated heterocycles. The fourth-order valence-electron chi connectivity index (χ4n) is 3.87. The number of hydrogen-bond donors (Lipinski definition) is 0. The average Bonchev–Trinajstić information content (AvgIpc) is 2.79. The van der Waals surface area contributed by atoms with Gasteiger partial charge in [0.2, 0.25) is 6.04 Å². The Kier molecular flexibility index (Phi) is 10.9. The van der Waals surface area contributed by atoms with E-state index in [1.807, 2.05) is 24.3 Å². The molecule has 0 aliphatic heterocycles. The van der Waals surface area contributed by atoms with Crippen molar-refractivity contribution in [1.82, 2.24) is 0 Å². The third-order valence-electron chi connectivity index (χ3n) is 6.98. The average molecular weight is 560 g/mol. The molecule has 0 aliphatic carbocycles. The van der Waals surface area contributed by atoms with Gasteiger partial charge < -0.3 is 18.8 Å². The Hall–Kier alpha value is -2.71. The predicted molar refractivity (Wildman–Crippen MR) is 158 cm³/mol. The second-order valence-electron chi connectivity index (χ2n) is 12.2. The lowest BCUT2D eigenvalue weighted by Crippen LogP contribution is -2.47. The number of carbonyl (C=O) groups is 2. The fraction of sp³-hybridized carbons (Fsp3) is 0.548. The molecule has 0 radical (unpaired) electrons. The van der Waals surface area contributed by atoms with Crippen LogP contribution in [0.2, 0.25) is 18.1 Å². The molecule has 2 aromatic rings. The molecule has 6 nitrogen and oxygen atoms in total. The standard InChI is InChI=1S/C31H46FNO5Si/c1-20(2)37-29(34)28(30(35)38-21(3)4)33(26-18-22(5)27(32)23(6)19-26)25-14-12-24(13-15-25)16-17-36-39(10,11)31(7,8)9/h12-15,18-21,28H,16-17H2,1-11H3. The van der Waals surface area contributed by atoms with E-state index in [1.165, 1.54) is 0 Å². The molecule has 2 aromatic carbocycles. The van der Waals surface area contributed by atoms with Crippen LogP contribution < -0.4 is 4.90 Å². The van der Waals surface area contributed by atoms with Crippen molar-refractivity contribution in [2.24, 2.45) is 0 Å². The molecule has 0 saturated carbocycles. The number of esters is 2. The zero-order valence-electron chi connectivity index (χ0n) is 25.5. The minimum Gasteiger partial charge on any atom is -0.461 e. The molecular formula is C31H46FNO5Si.